The van der Waals surface area contributed by atoms with Crippen LogP contribution >= 0.6 is 0 Å². The first-order chi connectivity index (χ1) is 11.2. The maximum Gasteiger partial charge on any atom is 0.410 e. The third kappa shape index (κ3) is 8.08. The van der Waals surface area contributed by atoms with E-state index < -0.39 is 5.60 Å². The van der Waals surface area contributed by atoms with E-state index in [2.05, 4.69) is 4.98 Å². The minimum atomic E-state index is -0.553. The van der Waals surface area contributed by atoms with Crippen molar-refractivity contribution >= 4 is 6.09 Å². The van der Waals surface area contributed by atoms with Crippen molar-refractivity contribution in [1.82, 2.24) is 14.8 Å². The number of ether oxygens (including phenoxy) is 1. The number of hydrogen-bond acceptors (Lipinski definition) is 5. The molecule has 6 nitrogen and oxygen atoms in total. The number of likely N-dealkylation sites (N-methyl/N-ethyl adjacent to an activating group) is 1. The van der Waals surface area contributed by atoms with E-state index in [1.54, 1.807) is 23.2 Å². The van der Waals surface area contributed by atoms with Gasteiger partial charge in [-0.25, -0.2) is 4.79 Å². The fourth-order valence-corrected chi connectivity index (χ4v) is 1.93. The highest BCUT2D eigenvalue weighted by atomic mass is 16.6. The van der Waals surface area contributed by atoms with Gasteiger partial charge in [-0.3, -0.25) is 9.88 Å². The molecule has 1 aromatic heterocycles. The lowest BCUT2D eigenvalue weighted by Gasteiger charge is -2.26. The summed E-state index contributed by atoms with van der Waals surface area (Å²) in [5.74, 6) is 0. The molecule has 6 heteroatoms. The lowest BCUT2D eigenvalue weighted by atomic mass is 10.2. The second-order valence-corrected chi connectivity index (χ2v) is 6.91. The number of aliphatic hydroxyl groups is 1. The van der Waals surface area contributed by atoms with E-state index in [0.29, 0.717) is 18.8 Å². The third-order valence-corrected chi connectivity index (χ3v) is 3.03. The van der Waals surface area contributed by atoms with Crippen LogP contribution in [0.5, 0.6) is 0 Å². The highest BCUT2D eigenvalue weighted by Gasteiger charge is 2.22. The Labute approximate surface area is 144 Å². The molecule has 0 unspecified atom stereocenters. The summed E-state index contributed by atoms with van der Waals surface area (Å²) in [6, 6.07) is 3.54. The SMILES string of the molecule is CN(C)C/C=C\CN(Cc1cc(CO)ccn1)C(=O)OC(C)(C)C. The second kappa shape index (κ2) is 9.39. The normalized spacial score (nSPS) is 12.0. The van der Waals surface area contributed by atoms with Crippen LogP contribution in [0.2, 0.25) is 0 Å². The highest BCUT2D eigenvalue weighted by Crippen LogP contribution is 2.13. The van der Waals surface area contributed by atoms with Crippen LogP contribution in [0, 0.1) is 0 Å². The van der Waals surface area contributed by atoms with Gasteiger partial charge in [-0.15, -0.1) is 0 Å². The van der Waals surface area contributed by atoms with Crippen LogP contribution in [0.1, 0.15) is 32.0 Å². The zero-order chi connectivity index (χ0) is 18.2. The van der Waals surface area contributed by atoms with Gasteiger partial charge < -0.3 is 14.7 Å². The number of hydrogen-bond donors (Lipinski definition) is 1. The van der Waals surface area contributed by atoms with Crippen LogP contribution < -0.4 is 0 Å². The molecule has 0 radical (unpaired) electrons. The molecule has 0 aliphatic carbocycles. The molecule has 134 valence electrons. The van der Waals surface area contributed by atoms with Gasteiger partial charge >= 0.3 is 6.09 Å². The first kappa shape index (κ1) is 20.1. The molecule has 1 amide bonds. The Morgan fingerprint density at radius 3 is 2.54 bits per heavy atom. The maximum absolute atomic E-state index is 12.4. The Balaban J connectivity index is 2.82. The smallest absolute Gasteiger partial charge is 0.410 e. The van der Waals surface area contributed by atoms with Crippen molar-refractivity contribution in [3.05, 3.63) is 41.7 Å². The second-order valence-electron chi connectivity index (χ2n) is 6.91. The summed E-state index contributed by atoms with van der Waals surface area (Å²) in [5, 5.41) is 9.23. The fraction of sp³-hybridized carbons (Fsp3) is 0.556. The maximum atomic E-state index is 12.4. The molecule has 0 saturated carbocycles. The van der Waals surface area contributed by atoms with Crippen molar-refractivity contribution in [2.24, 2.45) is 0 Å². The number of rotatable bonds is 7. The first-order valence-corrected chi connectivity index (χ1v) is 8.03. The van der Waals surface area contributed by atoms with Gasteiger partial charge in [0.25, 0.3) is 0 Å². The molecule has 0 atom stereocenters. The first-order valence-electron chi connectivity index (χ1n) is 8.03. The van der Waals surface area contributed by atoms with E-state index in [9.17, 15) is 9.90 Å². The van der Waals surface area contributed by atoms with Gasteiger partial charge in [0.2, 0.25) is 0 Å². The third-order valence-electron chi connectivity index (χ3n) is 3.03. The Morgan fingerprint density at radius 2 is 1.96 bits per heavy atom. The van der Waals surface area contributed by atoms with Crippen LogP contribution in [0.25, 0.3) is 0 Å². The highest BCUT2D eigenvalue weighted by molar-refractivity contribution is 5.68. The van der Waals surface area contributed by atoms with Crippen molar-refractivity contribution < 1.29 is 14.6 Å². The molecule has 0 spiro atoms. The predicted molar refractivity (Wildman–Crippen MR) is 94.5 cm³/mol. The molecule has 1 rings (SSSR count). The topological polar surface area (TPSA) is 65.9 Å². The minimum Gasteiger partial charge on any atom is -0.444 e. The van der Waals surface area contributed by atoms with Gasteiger partial charge in [-0.05, 0) is 52.6 Å². The van der Waals surface area contributed by atoms with Gasteiger partial charge in [0.15, 0.2) is 0 Å². The summed E-state index contributed by atoms with van der Waals surface area (Å²) < 4.78 is 5.47. The number of amides is 1. The number of nitrogens with zero attached hydrogens (tertiary/aromatic N) is 3. The van der Waals surface area contributed by atoms with Gasteiger partial charge in [0.1, 0.15) is 5.60 Å². The van der Waals surface area contributed by atoms with Crippen molar-refractivity contribution in [1.29, 1.82) is 0 Å². The lowest BCUT2D eigenvalue weighted by Crippen LogP contribution is -2.36. The Morgan fingerprint density at radius 1 is 1.29 bits per heavy atom. The molecular weight excluding hydrogens is 306 g/mol. The van der Waals surface area contributed by atoms with Crippen LogP contribution in [0.15, 0.2) is 30.5 Å². The standard InChI is InChI=1S/C18H29N3O3/c1-18(2,3)24-17(23)21(11-7-6-10-20(4)5)13-16-12-15(14-22)8-9-19-16/h6-9,12,22H,10-11,13-14H2,1-5H3/b7-6-. The van der Waals surface area contributed by atoms with E-state index in [-0.39, 0.29) is 12.7 Å². The summed E-state index contributed by atoms with van der Waals surface area (Å²) in [6.45, 7) is 7.05. The molecule has 0 bridgehead atoms. The molecule has 0 aromatic carbocycles. The van der Waals surface area contributed by atoms with E-state index in [1.165, 1.54) is 0 Å². The van der Waals surface area contributed by atoms with Crippen molar-refractivity contribution in [3.8, 4) is 0 Å². The van der Waals surface area contributed by atoms with Crippen molar-refractivity contribution in [2.45, 2.75) is 39.5 Å². The number of aliphatic hydroxyl groups excluding tert-OH is 1. The summed E-state index contributed by atoms with van der Waals surface area (Å²) >= 11 is 0. The molecule has 1 N–H and O–H groups in total. The molecule has 0 aliphatic heterocycles. The zero-order valence-corrected chi connectivity index (χ0v) is 15.3. The van der Waals surface area contributed by atoms with Gasteiger partial charge in [-0.1, -0.05) is 12.2 Å². The predicted octanol–water partition coefficient (Wildman–Crippen LogP) is 2.43. The van der Waals surface area contributed by atoms with Crippen LogP contribution in [0.3, 0.4) is 0 Å². The van der Waals surface area contributed by atoms with Crippen LogP contribution in [0.4, 0.5) is 4.79 Å². The minimum absolute atomic E-state index is 0.0509. The molecule has 0 aliphatic rings. The van der Waals surface area contributed by atoms with E-state index in [4.69, 9.17) is 4.74 Å². The molecule has 1 aromatic rings. The quantitative estimate of drug-likeness (QED) is 0.775. The summed E-state index contributed by atoms with van der Waals surface area (Å²) in [4.78, 5) is 20.3. The van der Waals surface area contributed by atoms with Crippen LogP contribution in [-0.2, 0) is 17.9 Å². The average Bonchev–Trinajstić information content (AvgIpc) is 2.48. The number of carbonyl (C=O) groups excluding carboxylic acids is 1. The number of aromatic nitrogens is 1. The summed E-state index contributed by atoms with van der Waals surface area (Å²) in [6.07, 6.45) is 5.21. The molecular formula is C18H29N3O3. The molecule has 24 heavy (non-hydrogen) atoms. The fourth-order valence-electron chi connectivity index (χ4n) is 1.93. The Bertz CT molecular complexity index is 551. The summed E-state index contributed by atoms with van der Waals surface area (Å²) in [7, 11) is 3.97. The number of carbonyl (C=O) groups is 1. The van der Waals surface area contributed by atoms with Gasteiger partial charge in [0.05, 0.1) is 18.8 Å². The van der Waals surface area contributed by atoms with Gasteiger partial charge in [0, 0.05) is 19.3 Å². The molecule has 0 fully saturated rings. The molecule has 1 heterocycles. The molecule has 0 saturated heterocycles. The van der Waals surface area contributed by atoms with Crippen LogP contribution in [-0.4, -0.2) is 58.8 Å². The van der Waals surface area contributed by atoms with Crippen molar-refractivity contribution in [3.63, 3.8) is 0 Å². The van der Waals surface area contributed by atoms with Gasteiger partial charge in [-0.2, -0.15) is 0 Å². The summed E-state index contributed by atoms with van der Waals surface area (Å²) in [5.41, 5.74) is 0.934. The Hall–Kier alpha value is -1.92. The lowest BCUT2D eigenvalue weighted by molar-refractivity contribution is 0.0254. The van der Waals surface area contributed by atoms with E-state index in [1.807, 2.05) is 51.9 Å². The monoisotopic (exact) mass is 335 g/mol. The Kier molecular flexibility index (Phi) is 7.88. The van der Waals surface area contributed by atoms with Crippen molar-refractivity contribution in [2.75, 3.05) is 27.2 Å². The largest absolute Gasteiger partial charge is 0.444 e. The number of pyridine rings is 1. The van der Waals surface area contributed by atoms with E-state index >= 15 is 0 Å². The average molecular weight is 335 g/mol. The van der Waals surface area contributed by atoms with E-state index in [0.717, 1.165) is 12.1 Å². The zero-order valence-electron chi connectivity index (χ0n) is 15.3.